The Morgan fingerprint density at radius 2 is 1.85 bits per heavy atom. The smallest absolute Gasteiger partial charge is 0.154 e. The number of nitrogens with one attached hydrogen (secondary N) is 1. The fourth-order valence-corrected chi connectivity index (χ4v) is 3.58. The summed E-state index contributed by atoms with van der Waals surface area (Å²) >= 11 is 1.64. The van der Waals surface area contributed by atoms with Crippen molar-refractivity contribution in [2.75, 3.05) is 0 Å². The van der Waals surface area contributed by atoms with Gasteiger partial charge in [0, 0.05) is 11.1 Å². The molecule has 2 heterocycles. The second kappa shape index (κ2) is 6.84. The Kier molecular flexibility index (Phi) is 4.39. The molecule has 4 rings (SSSR count). The van der Waals surface area contributed by atoms with Crippen LogP contribution in [0.25, 0.3) is 0 Å². The highest BCUT2D eigenvalue weighted by atomic mass is 32.1. The summed E-state index contributed by atoms with van der Waals surface area (Å²) in [5, 5.41) is 6.68. The zero-order valence-corrected chi connectivity index (χ0v) is 15.3. The van der Waals surface area contributed by atoms with Crippen LogP contribution in [0.1, 0.15) is 41.3 Å². The Hall–Kier alpha value is -2.79. The van der Waals surface area contributed by atoms with Gasteiger partial charge in [0.25, 0.3) is 0 Å². The number of amidine groups is 1. The van der Waals surface area contributed by atoms with E-state index in [4.69, 9.17) is 4.99 Å². The van der Waals surface area contributed by atoms with Gasteiger partial charge in [0.05, 0.1) is 10.6 Å². The fourth-order valence-electron chi connectivity index (χ4n) is 2.85. The number of halogens is 1. The van der Waals surface area contributed by atoms with E-state index in [9.17, 15) is 4.39 Å². The molecule has 0 amide bonds. The highest BCUT2D eigenvalue weighted by molar-refractivity contribution is 7.12. The minimum absolute atomic E-state index is 0.271. The molecule has 3 aromatic rings. The van der Waals surface area contributed by atoms with E-state index in [1.54, 1.807) is 23.5 Å². The van der Waals surface area contributed by atoms with E-state index < -0.39 is 0 Å². The normalized spacial score (nSPS) is 13.5. The lowest BCUT2D eigenvalue weighted by Crippen LogP contribution is -2.19. The molecular weight excluding hydrogens is 345 g/mol. The number of hydrogen-bond donors (Lipinski definition) is 1. The van der Waals surface area contributed by atoms with Crippen LogP contribution in [0.2, 0.25) is 0 Å². The first-order chi connectivity index (χ1) is 12.6. The van der Waals surface area contributed by atoms with E-state index in [2.05, 4.69) is 42.6 Å². The molecular formula is C21H18FN3S. The Balaban J connectivity index is 1.87. The molecule has 0 radical (unpaired) electrons. The van der Waals surface area contributed by atoms with Crippen molar-refractivity contribution in [2.24, 2.45) is 10.1 Å². The van der Waals surface area contributed by atoms with Crippen LogP contribution in [0.15, 0.2) is 70.1 Å². The van der Waals surface area contributed by atoms with E-state index in [0.29, 0.717) is 11.8 Å². The minimum atomic E-state index is -0.271. The second-order valence-corrected chi connectivity index (χ2v) is 7.40. The average Bonchev–Trinajstić information content (AvgIpc) is 3.10. The number of thiophene rings is 1. The number of aliphatic imine (C=N–C) groups is 1. The molecule has 26 heavy (non-hydrogen) atoms. The van der Waals surface area contributed by atoms with Gasteiger partial charge in [-0.05, 0) is 59.3 Å². The highest BCUT2D eigenvalue weighted by Crippen LogP contribution is 2.30. The minimum Gasteiger partial charge on any atom is -0.260 e. The predicted molar refractivity (Wildman–Crippen MR) is 106 cm³/mol. The predicted octanol–water partition coefficient (Wildman–Crippen LogP) is 5.44. The van der Waals surface area contributed by atoms with Gasteiger partial charge in [0.2, 0.25) is 0 Å². The third-order valence-corrected chi connectivity index (χ3v) is 5.20. The van der Waals surface area contributed by atoms with Crippen LogP contribution < -0.4 is 5.43 Å². The van der Waals surface area contributed by atoms with Gasteiger partial charge in [-0.15, -0.1) is 11.3 Å². The summed E-state index contributed by atoms with van der Waals surface area (Å²) in [6, 6.07) is 16.6. The number of hydrazone groups is 1. The van der Waals surface area contributed by atoms with E-state index in [1.807, 2.05) is 17.5 Å². The molecule has 5 heteroatoms. The summed E-state index contributed by atoms with van der Waals surface area (Å²) in [6.07, 6.45) is 0. The number of nitrogens with zero attached hydrogens (tertiary/aromatic N) is 2. The first-order valence-corrected chi connectivity index (χ1v) is 9.36. The lowest BCUT2D eigenvalue weighted by molar-refractivity contribution is 0.627. The lowest BCUT2D eigenvalue weighted by atomic mass is 9.97. The summed E-state index contributed by atoms with van der Waals surface area (Å²) < 4.78 is 13.3. The van der Waals surface area contributed by atoms with E-state index in [0.717, 1.165) is 27.4 Å². The number of benzene rings is 2. The molecule has 0 fully saturated rings. The van der Waals surface area contributed by atoms with Crippen molar-refractivity contribution in [3.63, 3.8) is 0 Å². The van der Waals surface area contributed by atoms with Crippen LogP contribution in [-0.4, -0.2) is 11.5 Å². The van der Waals surface area contributed by atoms with Gasteiger partial charge in [0.15, 0.2) is 5.84 Å². The van der Waals surface area contributed by atoms with Crippen LogP contribution in [0, 0.1) is 5.82 Å². The van der Waals surface area contributed by atoms with Gasteiger partial charge >= 0.3 is 0 Å². The average molecular weight is 363 g/mol. The zero-order chi connectivity index (χ0) is 18.1. The van der Waals surface area contributed by atoms with Crippen molar-refractivity contribution in [3.05, 3.63) is 87.4 Å². The molecule has 130 valence electrons. The second-order valence-electron chi connectivity index (χ2n) is 6.45. The standard InChI is InChI=1S/C21H18FN3S/c1-13(2)15-7-10-18-17(12-15)20(19-4-3-11-26-19)24-25-21(23-18)14-5-8-16(22)9-6-14/h3-13H,1-2H3,(H,23,25). The topological polar surface area (TPSA) is 36.8 Å². The molecule has 1 aromatic heterocycles. The van der Waals surface area contributed by atoms with Crippen LogP contribution in [0.4, 0.5) is 10.1 Å². The molecule has 0 atom stereocenters. The number of rotatable bonds is 3. The van der Waals surface area contributed by atoms with Gasteiger partial charge in [-0.1, -0.05) is 26.0 Å². The lowest BCUT2D eigenvalue weighted by Gasteiger charge is -2.11. The Labute approximate surface area is 155 Å². The summed E-state index contributed by atoms with van der Waals surface area (Å²) in [4.78, 5) is 5.85. The Morgan fingerprint density at radius 1 is 1.04 bits per heavy atom. The van der Waals surface area contributed by atoms with Gasteiger partial charge in [-0.3, -0.25) is 5.43 Å². The molecule has 0 spiro atoms. The number of fused-ring (bicyclic) bond motifs is 1. The van der Waals surface area contributed by atoms with Crippen molar-refractivity contribution in [1.82, 2.24) is 5.43 Å². The highest BCUT2D eigenvalue weighted by Gasteiger charge is 2.19. The molecule has 1 aliphatic heterocycles. The molecule has 0 saturated carbocycles. The third kappa shape index (κ3) is 3.18. The molecule has 0 aliphatic carbocycles. The maximum Gasteiger partial charge on any atom is 0.154 e. The van der Waals surface area contributed by atoms with Gasteiger partial charge in [0.1, 0.15) is 11.5 Å². The Morgan fingerprint density at radius 3 is 2.54 bits per heavy atom. The van der Waals surface area contributed by atoms with E-state index >= 15 is 0 Å². The van der Waals surface area contributed by atoms with Gasteiger partial charge in [-0.2, -0.15) is 5.10 Å². The Bertz CT molecular complexity index is 987. The van der Waals surface area contributed by atoms with Crippen LogP contribution in [0.5, 0.6) is 0 Å². The maximum atomic E-state index is 13.3. The number of hydrogen-bond acceptors (Lipinski definition) is 4. The molecule has 0 unspecified atom stereocenters. The zero-order valence-electron chi connectivity index (χ0n) is 14.5. The van der Waals surface area contributed by atoms with Crippen molar-refractivity contribution in [3.8, 4) is 0 Å². The van der Waals surface area contributed by atoms with Crippen molar-refractivity contribution < 1.29 is 4.39 Å². The fraction of sp³-hybridized carbons (Fsp3) is 0.143. The van der Waals surface area contributed by atoms with E-state index in [-0.39, 0.29) is 5.82 Å². The summed E-state index contributed by atoms with van der Waals surface area (Å²) in [6.45, 7) is 4.34. The SMILES string of the molecule is CC(C)c1ccc2c(c1)C(c1cccs1)=NNC(c1ccc(F)cc1)=N2. The van der Waals surface area contributed by atoms with Gasteiger partial charge < -0.3 is 0 Å². The van der Waals surface area contributed by atoms with Crippen LogP contribution >= 0.6 is 11.3 Å². The molecule has 1 aliphatic rings. The summed E-state index contributed by atoms with van der Waals surface area (Å²) in [7, 11) is 0. The molecule has 3 nitrogen and oxygen atoms in total. The molecule has 1 N–H and O–H groups in total. The van der Waals surface area contributed by atoms with Crippen molar-refractivity contribution >= 4 is 28.6 Å². The van der Waals surface area contributed by atoms with Crippen LogP contribution in [0.3, 0.4) is 0 Å². The quantitative estimate of drug-likeness (QED) is 0.660. The third-order valence-electron chi connectivity index (χ3n) is 4.32. The first kappa shape index (κ1) is 16.7. The van der Waals surface area contributed by atoms with Crippen LogP contribution in [-0.2, 0) is 0 Å². The van der Waals surface area contributed by atoms with Gasteiger partial charge in [-0.25, -0.2) is 9.38 Å². The van der Waals surface area contributed by atoms with E-state index in [1.165, 1.54) is 17.7 Å². The summed E-state index contributed by atoms with van der Waals surface area (Å²) in [5.41, 5.74) is 7.84. The maximum absolute atomic E-state index is 13.3. The molecule has 0 bridgehead atoms. The molecule has 2 aromatic carbocycles. The monoisotopic (exact) mass is 363 g/mol. The van der Waals surface area contributed by atoms with Crippen molar-refractivity contribution in [2.45, 2.75) is 19.8 Å². The molecule has 0 saturated heterocycles. The largest absolute Gasteiger partial charge is 0.260 e. The van der Waals surface area contributed by atoms with Crippen molar-refractivity contribution in [1.29, 1.82) is 0 Å². The first-order valence-electron chi connectivity index (χ1n) is 8.48. The summed E-state index contributed by atoms with van der Waals surface area (Å²) in [5.74, 6) is 0.754.